The van der Waals surface area contributed by atoms with Crippen molar-refractivity contribution in [3.05, 3.63) is 48.5 Å². The van der Waals surface area contributed by atoms with Crippen molar-refractivity contribution in [2.24, 2.45) is 5.73 Å². The first-order chi connectivity index (χ1) is 10.5. The molecule has 1 aromatic rings. The minimum Gasteiger partial charge on any atom is -0.404 e. The van der Waals surface area contributed by atoms with E-state index in [0.717, 1.165) is 42.6 Å². The molecule has 0 radical (unpaired) electrons. The molecule has 2 rings (SSSR count). The minimum atomic E-state index is 0.501. The van der Waals surface area contributed by atoms with Crippen molar-refractivity contribution in [1.82, 2.24) is 14.7 Å². The van der Waals surface area contributed by atoms with Gasteiger partial charge in [-0.05, 0) is 57.0 Å². The largest absolute Gasteiger partial charge is 0.404 e. The molecule has 1 aliphatic heterocycles. The molecule has 0 aromatic carbocycles. The standard InChI is InChI=1S/C18H28N4/c1-5-16(10-15(4)11-19)17-12-20-22(13-17)18-6-8-21(9-7-18)14(2)3/h5,10-14,18H,1,6-9,19H2,2-4H3/b15-11-,16-10+. The van der Waals surface area contributed by atoms with Gasteiger partial charge in [0.1, 0.15) is 0 Å². The number of allylic oxidation sites excluding steroid dienone is 4. The lowest BCUT2D eigenvalue weighted by Gasteiger charge is -2.34. The Balaban J connectivity index is 2.09. The van der Waals surface area contributed by atoms with Crippen LogP contribution in [0.25, 0.3) is 5.57 Å². The van der Waals surface area contributed by atoms with Gasteiger partial charge in [0.2, 0.25) is 0 Å². The fraction of sp³-hybridized carbons (Fsp3) is 0.500. The van der Waals surface area contributed by atoms with Gasteiger partial charge in [-0.25, -0.2) is 0 Å². The van der Waals surface area contributed by atoms with Crippen LogP contribution >= 0.6 is 0 Å². The van der Waals surface area contributed by atoms with Crippen molar-refractivity contribution in [2.75, 3.05) is 13.1 Å². The van der Waals surface area contributed by atoms with Gasteiger partial charge in [0, 0.05) is 30.9 Å². The smallest absolute Gasteiger partial charge is 0.0568 e. The van der Waals surface area contributed by atoms with Crippen LogP contribution in [0.5, 0.6) is 0 Å². The summed E-state index contributed by atoms with van der Waals surface area (Å²) in [4.78, 5) is 2.53. The lowest BCUT2D eigenvalue weighted by molar-refractivity contribution is 0.147. The summed E-state index contributed by atoms with van der Waals surface area (Å²) in [6.07, 6.45) is 11.9. The Labute approximate surface area is 134 Å². The zero-order valence-electron chi connectivity index (χ0n) is 14.0. The Bertz CT molecular complexity index is 557. The van der Waals surface area contributed by atoms with Crippen LogP contribution in [-0.4, -0.2) is 33.8 Å². The summed E-state index contributed by atoms with van der Waals surface area (Å²) < 4.78 is 2.12. The molecule has 2 N–H and O–H groups in total. The number of nitrogens with two attached hydrogens (primary N) is 1. The van der Waals surface area contributed by atoms with Gasteiger partial charge in [0.15, 0.2) is 0 Å². The highest BCUT2D eigenvalue weighted by molar-refractivity contribution is 5.74. The highest BCUT2D eigenvalue weighted by Gasteiger charge is 2.22. The van der Waals surface area contributed by atoms with Gasteiger partial charge in [-0.1, -0.05) is 12.7 Å². The highest BCUT2D eigenvalue weighted by Crippen LogP contribution is 2.25. The fourth-order valence-corrected chi connectivity index (χ4v) is 2.91. The molecule has 0 atom stereocenters. The lowest BCUT2D eigenvalue weighted by Crippen LogP contribution is -2.39. The second-order valence-electron chi connectivity index (χ2n) is 6.28. The van der Waals surface area contributed by atoms with E-state index >= 15 is 0 Å². The highest BCUT2D eigenvalue weighted by atomic mass is 15.3. The van der Waals surface area contributed by atoms with Gasteiger partial charge >= 0.3 is 0 Å². The zero-order chi connectivity index (χ0) is 16.1. The van der Waals surface area contributed by atoms with Crippen LogP contribution in [0.1, 0.15) is 45.2 Å². The summed E-state index contributed by atoms with van der Waals surface area (Å²) in [5.74, 6) is 0. The predicted molar refractivity (Wildman–Crippen MR) is 93.3 cm³/mol. The van der Waals surface area contributed by atoms with Gasteiger partial charge in [0.05, 0.1) is 12.2 Å². The van der Waals surface area contributed by atoms with E-state index in [4.69, 9.17) is 5.73 Å². The molecule has 0 bridgehead atoms. The van der Waals surface area contributed by atoms with E-state index in [0.29, 0.717) is 12.1 Å². The maximum atomic E-state index is 5.55. The number of rotatable bonds is 5. The third kappa shape index (κ3) is 3.89. The third-order valence-corrected chi connectivity index (χ3v) is 4.40. The van der Waals surface area contributed by atoms with Crippen LogP contribution in [0.3, 0.4) is 0 Å². The van der Waals surface area contributed by atoms with Crippen molar-refractivity contribution in [1.29, 1.82) is 0 Å². The Kier molecular flexibility index (Phi) is 5.61. The Morgan fingerprint density at radius 1 is 1.41 bits per heavy atom. The van der Waals surface area contributed by atoms with E-state index in [1.54, 1.807) is 6.20 Å². The average molecular weight is 300 g/mol. The van der Waals surface area contributed by atoms with Crippen molar-refractivity contribution >= 4 is 5.57 Å². The molecule has 1 aliphatic rings. The molecule has 22 heavy (non-hydrogen) atoms. The van der Waals surface area contributed by atoms with E-state index in [1.807, 2.05) is 25.3 Å². The molecule has 0 saturated carbocycles. The Morgan fingerprint density at radius 2 is 2.09 bits per heavy atom. The summed E-state index contributed by atoms with van der Waals surface area (Å²) in [5, 5.41) is 4.57. The molecule has 4 heteroatoms. The number of aromatic nitrogens is 2. The molecular weight excluding hydrogens is 272 g/mol. The zero-order valence-corrected chi connectivity index (χ0v) is 14.0. The summed E-state index contributed by atoms with van der Waals surface area (Å²) >= 11 is 0. The Morgan fingerprint density at radius 3 is 2.64 bits per heavy atom. The van der Waals surface area contributed by atoms with Crippen LogP contribution < -0.4 is 5.73 Å². The predicted octanol–water partition coefficient (Wildman–Crippen LogP) is 3.36. The monoisotopic (exact) mass is 300 g/mol. The van der Waals surface area contributed by atoms with Crippen LogP contribution in [0.15, 0.2) is 42.9 Å². The molecule has 0 amide bonds. The third-order valence-electron chi connectivity index (χ3n) is 4.40. The maximum absolute atomic E-state index is 5.55. The minimum absolute atomic E-state index is 0.501. The van der Waals surface area contributed by atoms with Gasteiger partial charge in [-0.2, -0.15) is 5.10 Å². The quantitative estimate of drug-likeness (QED) is 0.848. The van der Waals surface area contributed by atoms with Gasteiger partial charge < -0.3 is 10.6 Å². The van der Waals surface area contributed by atoms with Gasteiger partial charge in [-0.15, -0.1) is 0 Å². The first kappa shape index (κ1) is 16.6. The van der Waals surface area contributed by atoms with E-state index in [-0.39, 0.29) is 0 Å². The summed E-state index contributed by atoms with van der Waals surface area (Å²) in [6, 6.07) is 1.14. The van der Waals surface area contributed by atoms with E-state index in [9.17, 15) is 0 Å². The fourth-order valence-electron chi connectivity index (χ4n) is 2.91. The first-order valence-electron chi connectivity index (χ1n) is 8.06. The van der Waals surface area contributed by atoms with Crippen LogP contribution in [0, 0.1) is 0 Å². The van der Waals surface area contributed by atoms with Crippen molar-refractivity contribution in [3.63, 3.8) is 0 Å². The van der Waals surface area contributed by atoms with E-state index < -0.39 is 0 Å². The summed E-state index contributed by atoms with van der Waals surface area (Å²) in [7, 11) is 0. The van der Waals surface area contributed by atoms with Crippen LogP contribution in [-0.2, 0) is 0 Å². The Hall–Kier alpha value is -1.81. The number of hydrogen-bond acceptors (Lipinski definition) is 3. The molecular formula is C18H28N4. The second kappa shape index (κ2) is 7.45. The first-order valence-corrected chi connectivity index (χ1v) is 8.06. The van der Waals surface area contributed by atoms with E-state index in [1.165, 1.54) is 0 Å². The number of nitrogens with zero attached hydrogens (tertiary/aromatic N) is 3. The number of hydrogen-bond donors (Lipinski definition) is 1. The molecule has 1 aromatic heterocycles. The van der Waals surface area contributed by atoms with Crippen LogP contribution in [0.4, 0.5) is 0 Å². The van der Waals surface area contributed by atoms with Crippen molar-refractivity contribution < 1.29 is 0 Å². The van der Waals surface area contributed by atoms with Crippen LogP contribution in [0.2, 0.25) is 0 Å². The molecule has 2 heterocycles. The molecule has 0 aliphatic carbocycles. The SMILES string of the molecule is C=C/C(=C\C(C)=C/N)c1cnn(C2CCN(C(C)C)CC2)c1. The molecule has 0 unspecified atom stereocenters. The molecule has 4 nitrogen and oxygen atoms in total. The summed E-state index contributed by atoms with van der Waals surface area (Å²) in [6.45, 7) is 12.7. The summed E-state index contributed by atoms with van der Waals surface area (Å²) in [5.41, 5.74) is 8.73. The van der Waals surface area contributed by atoms with E-state index in [2.05, 4.69) is 41.3 Å². The number of likely N-dealkylation sites (tertiary alicyclic amines) is 1. The topological polar surface area (TPSA) is 47.1 Å². The van der Waals surface area contributed by atoms with Crippen molar-refractivity contribution in [3.8, 4) is 0 Å². The number of piperidine rings is 1. The lowest BCUT2D eigenvalue weighted by atomic mass is 10.0. The molecule has 0 spiro atoms. The van der Waals surface area contributed by atoms with Gasteiger partial charge in [0.25, 0.3) is 0 Å². The molecule has 1 fully saturated rings. The van der Waals surface area contributed by atoms with Gasteiger partial charge in [-0.3, -0.25) is 4.68 Å². The normalized spacial score (nSPS) is 18.9. The average Bonchev–Trinajstić information content (AvgIpc) is 3.02. The van der Waals surface area contributed by atoms with Crippen molar-refractivity contribution in [2.45, 2.75) is 45.7 Å². The maximum Gasteiger partial charge on any atom is 0.0568 e. The molecule has 120 valence electrons. The second-order valence-corrected chi connectivity index (χ2v) is 6.28. The molecule has 1 saturated heterocycles.